The van der Waals surface area contributed by atoms with Crippen molar-refractivity contribution >= 4 is 11.8 Å². The van der Waals surface area contributed by atoms with Crippen molar-refractivity contribution in [2.45, 2.75) is 33.8 Å². The second kappa shape index (κ2) is 8.89. The number of hydrogen-bond donors (Lipinski definition) is 2. The van der Waals surface area contributed by atoms with Crippen LogP contribution in [0.3, 0.4) is 0 Å². The number of benzene rings is 2. The van der Waals surface area contributed by atoms with Crippen LogP contribution < -0.4 is 20.3 Å². The molecule has 6 heteroatoms. The molecule has 0 saturated carbocycles. The van der Waals surface area contributed by atoms with Crippen molar-refractivity contribution in [3.05, 3.63) is 59.2 Å². The lowest BCUT2D eigenvalue weighted by Gasteiger charge is -2.15. The van der Waals surface area contributed by atoms with E-state index in [1.165, 1.54) is 0 Å². The zero-order valence-corrected chi connectivity index (χ0v) is 15.5. The first-order chi connectivity index (χ1) is 12.4. The lowest BCUT2D eigenvalue weighted by Crippen LogP contribution is -2.48. The molecule has 2 aromatic rings. The van der Waals surface area contributed by atoms with E-state index in [9.17, 15) is 9.59 Å². The summed E-state index contributed by atoms with van der Waals surface area (Å²) in [6, 6.07) is 13.0. The molecule has 0 heterocycles. The van der Waals surface area contributed by atoms with E-state index >= 15 is 0 Å². The first-order valence-corrected chi connectivity index (χ1v) is 8.38. The Labute approximate surface area is 153 Å². The number of carbonyl (C=O) groups excluding carboxylic acids is 2. The second-order valence-corrected chi connectivity index (χ2v) is 6.10. The van der Waals surface area contributed by atoms with E-state index in [2.05, 4.69) is 10.9 Å². The van der Waals surface area contributed by atoms with E-state index < -0.39 is 17.9 Å². The van der Waals surface area contributed by atoms with Crippen molar-refractivity contribution in [3.63, 3.8) is 0 Å². The van der Waals surface area contributed by atoms with Crippen LogP contribution in [-0.4, -0.2) is 24.5 Å². The first-order valence-electron chi connectivity index (χ1n) is 8.38. The highest BCUT2D eigenvalue weighted by Gasteiger charge is 2.15. The summed E-state index contributed by atoms with van der Waals surface area (Å²) in [5.74, 6) is 0.317. The third kappa shape index (κ3) is 5.51. The van der Waals surface area contributed by atoms with E-state index in [1.807, 2.05) is 45.0 Å². The van der Waals surface area contributed by atoms with Crippen LogP contribution in [0.2, 0.25) is 0 Å². The van der Waals surface area contributed by atoms with E-state index in [1.54, 1.807) is 25.1 Å². The zero-order chi connectivity index (χ0) is 19.1. The molecule has 0 spiro atoms. The van der Waals surface area contributed by atoms with Gasteiger partial charge in [-0.25, -0.2) is 0 Å². The molecule has 2 aromatic carbocycles. The molecule has 0 aromatic heterocycles. The fourth-order valence-corrected chi connectivity index (χ4v) is 2.17. The molecule has 0 aliphatic heterocycles. The molecule has 0 aliphatic carbocycles. The van der Waals surface area contributed by atoms with Gasteiger partial charge < -0.3 is 9.47 Å². The molecule has 0 radical (unpaired) electrons. The van der Waals surface area contributed by atoms with E-state index in [-0.39, 0.29) is 6.61 Å². The van der Waals surface area contributed by atoms with Crippen LogP contribution in [0, 0.1) is 20.8 Å². The standard InChI is InChI=1S/C20H24N2O4/c1-13-8-10-17(11-9-13)26-16(4)20(24)22-21-19(23)12-25-18-7-5-6-14(2)15(18)3/h5-11,16H,12H2,1-4H3,(H,21,23)(H,22,24). The summed E-state index contributed by atoms with van der Waals surface area (Å²) in [4.78, 5) is 23.8. The molecule has 0 bridgehead atoms. The van der Waals surface area contributed by atoms with E-state index in [4.69, 9.17) is 9.47 Å². The van der Waals surface area contributed by atoms with Crippen molar-refractivity contribution in [1.29, 1.82) is 0 Å². The number of hydrazine groups is 1. The maximum Gasteiger partial charge on any atom is 0.279 e. The Morgan fingerprint density at radius 1 is 1.00 bits per heavy atom. The van der Waals surface area contributed by atoms with Gasteiger partial charge in [0.05, 0.1) is 0 Å². The highest BCUT2D eigenvalue weighted by Crippen LogP contribution is 2.20. The molecule has 1 unspecified atom stereocenters. The van der Waals surface area contributed by atoms with Gasteiger partial charge in [0.2, 0.25) is 0 Å². The minimum Gasteiger partial charge on any atom is -0.483 e. The summed E-state index contributed by atoms with van der Waals surface area (Å²) in [5.41, 5.74) is 7.81. The Morgan fingerprint density at radius 3 is 2.38 bits per heavy atom. The Balaban J connectivity index is 1.76. The SMILES string of the molecule is Cc1ccc(OC(C)C(=O)NNC(=O)COc2cccc(C)c2C)cc1. The lowest BCUT2D eigenvalue weighted by atomic mass is 10.1. The van der Waals surface area contributed by atoms with Gasteiger partial charge in [-0.3, -0.25) is 20.4 Å². The number of nitrogens with one attached hydrogen (secondary N) is 2. The minimum absolute atomic E-state index is 0.197. The molecule has 0 saturated heterocycles. The Hall–Kier alpha value is -3.02. The van der Waals surface area contributed by atoms with Gasteiger partial charge in [-0.15, -0.1) is 0 Å². The summed E-state index contributed by atoms with van der Waals surface area (Å²) in [6.45, 7) is 7.27. The average molecular weight is 356 g/mol. The predicted octanol–water partition coefficient (Wildman–Crippen LogP) is 2.61. The molecular weight excluding hydrogens is 332 g/mol. The summed E-state index contributed by atoms with van der Waals surface area (Å²) in [6.07, 6.45) is -0.752. The largest absolute Gasteiger partial charge is 0.483 e. The summed E-state index contributed by atoms with van der Waals surface area (Å²) in [7, 11) is 0. The van der Waals surface area contributed by atoms with E-state index in [0.717, 1.165) is 16.7 Å². The molecular formula is C20H24N2O4. The van der Waals surface area contributed by atoms with Gasteiger partial charge in [0, 0.05) is 0 Å². The molecule has 26 heavy (non-hydrogen) atoms. The van der Waals surface area contributed by atoms with Crippen LogP contribution in [0.1, 0.15) is 23.6 Å². The molecule has 2 amide bonds. The van der Waals surface area contributed by atoms with Crippen molar-refractivity contribution in [2.75, 3.05) is 6.61 Å². The monoisotopic (exact) mass is 356 g/mol. The van der Waals surface area contributed by atoms with Gasteiger partial charge in [-0.2, -0.15) is 0 Å². The highest BCUT2D eigenvalue weighted by molar-refractivity contribution is 5.85. The summed E-state index contributed by atoms with van der Waals surface area (Å²) < 4.78 is 11.0. The average Bonchev–Trinajstić information content (AvgIpc) is 2.62. The third-order valence-corrected chi connectivity index (χ3v) is 3.94. The fourth-order valence-electron chi connectivity index (χ4n) is 2.17. The summed E-state index contributed by atoms with van der Waals surface area (Å²) in [5, 5.41) is 0. The van der Waals surface area contributed by atoms with Crippen molar-refractivity contribution in [2.24, 2.45) is 0 Å². The smallest absolute Gasteiger partial charge is 0.279 e. The molecule has 0 aliphatic rings. The molecule has 6 nitrogen and oxygen atoms in total. The number of amides is 2. The van der Waals surface area contributed by atoms with Gasteiger partial charge in [0.15, 0.2) is 12.7 Å². The van der Waals surface area contributed by atoms with Crippen LogP contribution in [0.5, 0.6) is 11.5 Å². The van der Waals surface area contributed by atoms with Crippen LogP contribution >= 0.6 is 0 Å². The molecule has 2 rings (SSSR count). The number of ether oxygens (including phenoxy) is 2. The van der Waals surface area contributed by atoms with Crippen molar-refractivity contribution in [3.8, 4) is 11.5 Å². The maximum atomic E-state index is 12.0. The summed E-state index contributed by atoms with van der Waals surface area (Å²) >= 11 is 0. The van der Waals surface area contributed by atoms with Gasteiger partial charge in [0.25, 0.3) is 11.8 Å². The number of rotatable bonds is 6. The normalized spacial score (nSPS) is 11.4. The quantitative estimate of drug-likeness (QED) is 0.780. The van der Waals surface area contributed by atoms with Gasteiger partial charge in [-0.05, 0) is 57.0 Å². The first kappa shape index (κ1) is 19.3. The van der Waals surface area contributed by atoms with Crippen LogP contribution in [0.4, 0.5) is 0 Å². The molecule has 2 N–H and O–H groups in total. The fraction of sp³-hybridized carbons (Fsp3) is 0.300. The molecule has 1 atom stereocenters. The minimum atomic E-state index is -0.752. The number of aryl methyl sites for hydroxylation is 2. The molecule has 138 valence electrons. The van der Waals surface area contributed by atoms with Crippen LogP contribution in [-0.2, 0) is 9.59 Å². The van der Waals surface area contributed by atoms with Crippen molar-refractivity contribution < 1.29 is 19.1 Å². The van der Waals surface area contributed by atoms with Crippen molar-refractivity contribution in [1.82, 2.24) is 10.9 Å². The van der Waals surface area contributed by atoms with Gasteiger partial charge in [0.1, 0.15) is 11.5 Å². The number of carbonyl (C=O) groups is 2. The highest BCUT2D eigenvalue weighted by atomic mass is 16.5. The number of hydrogen-bond acceptors (Lipinski definition) is 4. The molecule has 0 fully saturated rings. The third-order valence-electron chi connectivity index (χ3n) is 3.94. The van der Waals surface area contributed by atoms with E-state index in [0.29, 0.717) is 11.5 Å². The van der Waals surface area contributed by atoms with Crippen LogP contribution in [0.15, 0.2) is 42.5 Å². The zero-order valence-electron chi connectivity index (χ0n) is 15.5. The topological polar surface area (TPSA) is 76.7 Å². The maximum absolute atomic E-state index is 12.0. The van der Waals surface area contributed by atoms with Gasteiger partial charge in [-0.1, -0.05) is 29.8 Å². The Morgan fingerprint density at radius 2 is 1.69 bits per heavy atom. The lowest BCUT2D eigenvalue weighted by molar-refractivity contribution is -0.133. The predicted molar refractivity (Wildman–Crippen MR) is 99.0 cm³/mol. The van der Waals surface area contributed by atoms with Crippen LogP contribution in [0.25, 0.3) is 0 Å². The van der Waals surface area contributed by atoms with Gasteiger partial charge >= 0.3 is 0 Å². The Bertz CT molecular complexity index is 772. The Kier molecular flexibility index (Phi) is 6.60. The second-order valence-electron chi connectivity index (χ2n) is 6.10.